The molecule has 1 amide bonds. The summed E-state index contributed by atoms with van der Waals surface area (Å²) in [7, 11) is 0. The van der Waals surface area contributed by atoms with Gasteiger partial charge >= 0.3 is 0 Å². The number of fused-ring (bicyclic) bond motifs is 3. The fraction of sp³-hybridized carbons (Fsp3) is 0.520. The highest BCUT2D eigenvalue weighted by atomic mass is 32.1. The van der Waals surface area contributed by atoms with E-state index in [2.05, 4.69) is 47.0 Å². The Morgan fingerprint density at radius 1 is 1.26 bits per heavy atom. The first-order chi connectivity index (χ1) is 16.3. The van der Waals surface area contributed by atoms with Gasteiger partial charge in [0, 0.05) is 22.9 Å². The number of primary amides is 1. The molecule has 0 aliphatic carbocycles. The summed E-state index contributed by atoms with van der Waals surface area (Å²) in [4.78, 5) is 24.7. The molecular formula is C25H32N6O2S. The standard InChI is InChI=1S/C25H32N6O2S/c1-15(2)31-22(27-14-28-31)23-29-21-18-6-5-17(13-19(18)33-12-9-20(21)34-23)16-7-10-30(11-8-16)25(3,4)24(26)32/h5-6,13-16H,7-12H2,1-4H3,(H2,26,32). The van der Waals surface area contributed by atoms with Crippen LogP contribution in [0.3, 0.4) is 0 Å². The van der Waals surface area contributed by atoms with E-state index < -0.39 is 5.54 Å². The summed E-state index contributed by atoms with van der Waals surface area (Å²) in [5, 5.41) is 5.27. The van der Waals surface area contributed by atoms with E-state index in [1.165, 1.54) is 10.4 Å². The topological polar surface area (TPSA) is 99.2 Å². The van der Waals surface area contributed by atoms with Gasteiger partial charge in [-0.15, -0.1) is 11.3 Å². The van der Waals surface area contributed by atoms with Crippen LogP contribution in [0.5, 0.6) is 5.75 Å². The van der Waals surface area contributed by atoms with Crippen LogP contribution in [0.25, 0.3) is 22.1 Å². The van der Waals surface area contributed by atoms with Crippen molar-refractivity contribution in [2.75, 3.05) is 19.7 Å². The molecule has 1 saturated heterocycles. The maximum Gasteiger partial charge on any atom is 0.237 e. The Balaban J connectivity index is 1.40. The molecule has 0 saturated carbocycles. The van der Waals surface area contributed by atoms with E-state index in [1.54, 1.807) is 17.7 Å². The van der Waals surface area contributed by atoms with Crippen molar-refractivity contribution >= 4 is 17.2 Å². The Morgan fingerprint density at radius 3 is 2.74 bits per heavy atom. The third-order valence-corrected chi connectivity index (χ3v) is 8.27. The minimum Gasteiger partial charge on any atom is -0.492 e. The van der Waals surface area contributed by atoms with Gasteiger partial charge in [0.05, 0.1) is 17.8 Å². The number of aromatic nitrogens is 4. The molecule has 0 unspecified atom stereocenters. The lowest BCUT2D eigenvalue weighted by molar-refractivity contribution is -0.129. The normalized spacial score (nSPS) is 17.2. The first-order valence-electron chi connectivity index (χ1n) is 12.0. The van der Waals surface area contributed by atoms with Crippen molar-refractivity contribution in [3.63, 3.8) is 0 Å². The minimum atomic E-state index is -0.611. The van der Waals surface area contributed by atoms with E-state index in [4.69, 9.17) is 15.5 Å². The summed E-state index contributed by atoms with van der Waals surface area (Å²) in [5.41, 5.74) is 8.34. The number of carbonyl (C=O) groups excluding carboxylic acids is 1. The summed E-state index contributed by atoms with van der Waals surface area (Å²) >= 11 is 1.68. The summed E-state index contributed by atoms with van der Waals surface area (Å²) in [6.45, 7) is 10.4. The predicted octanol–water partition coefficient (Wildman–Crippen LogP) is 4.03. The molecule has 9 heteroatoms. The zero-order valence-electron chi connectivity index (χ0n) is 20.2. The maximum absolute atomic E-state index is 11.8. The van der Waals surface area contributed by atoms with Gasteiger partial charge < -0.3 is 10.5 Å². The second-order valence-corrected chi connectivity index (χ2v) is 11.0. The van der Waals surface area contributed by atoms with Crippen molar-refractivity contribution < 1.29 is 9.53 Å². The van der Waals surface area contributed by atoms with E-state index in [9.17, 15) is 4.79 Å². The van der Waals surface area contributed by atoms with Gasteiger partial charge in [-0.25, -0.2) is 14.6 Å². The van der Waals surface area contributed by atoms with E-state index in [0.29, 0.717) is 12.5 Å². The van der Waals surface area contributed by atoms with E-state index in [1.807, 2.05) is 18.5 Å². The quantitative estimate of drug-likeness (QED) is 0.592. The van der Waals surface area contributed by atoms with E-state index in [0.717, 1.165) is 60.2 Å². The number of piperidine rings is 1. The molecule has 1 fully saturated rings. The number of rotatable bonds is 5. The Labute approximate surface area is 204 Å². The van der Waals surface area contributed by atoms with Gasteiger partial charge in [-0.2, -0.15) is 5.10 Å². The third kappa shape index (κ3) is 4.01. The molecule has 2 aromatic heterocycles. The summed E-state index contributed by atoms with van der Waals surface area (Å²) < 4.78 is 8.10. The van der Waals surface area contributed by atoms with Crippen LogP contribution in [0, 0.1) is 0 Å². The molecule has 2 aliphatic rings. The highest BCUT2D eigenvalue weighted by Gasteiger charge is 2.35. The van der Waals surface area contributed by atoms with E-state index >= 15 is 0 Å². The largest absolute Gasteiger partial charge is 0.492 e. The van der Waals surface area contributed by atoms with Gasteiger partial charge in [0.15, 0.2) is 10.8 Å². The highest BCUT2D eigenvalue weighted by molar-refractivity contribution is 7.15. The number of amides is 1. The molecule has 1 aromatic carbocycles. The number of thiazole rings is 1. The van der Waals surface area contributed by atoms with Crippen LogP contribution in [-0.2, 0) is 11.2 Å². The molecule has 0 radical (unpaired) electrons. The number of nitrogens with zero attached hydrogens (tertiary/aromatic N) is 5. The van der Waals surface area contributed by atoms with Crippen LogP contribution in [0.2, 0.25) is 0 Å². The molecule has 2 N–H and O–H groups in total. The van der Waals surface area contributed by atoms with Gasteiger partial charge in [0.1, 0.15) is 12.1 Å². The maximum atomic E-state index is 11.8. The number of likely N-dealkylation sites (tertiary alicyclic amines) is 1. The molecule has 3 aromatic rings. The SMILES string of the molecule is CC(C)n1ncnc1-c1nc2c(s1)CCOc1cc(C3CCN(C(C)(C)C(N)=O)CC3)ccc1-2. The summed E-state index contributed by atoms with van der Waals surface area (Å²) in [6, 6.07) is 6.79. The van der Waals surface area contributed by atoms with Crippen LogP contribution < -0.4 is 10.5 Å². The van der Waals surface area contributed by atoms with Gasteiger partial charge in [-0.1, -0.05) is 6.07 Å². The lowest BCUT2D eigenvalue weighted by Gasteiger charge is -2.41. The summed E-state index contributed by atoms with van der Waals surface area (Å²) in [6.07, 6.45) is 4.41. The Morgan fingerprint density at radius 2 is 2.03 bits per heavy atom. The number of carbonyl (C=O) groups is 1. The van der Waals surface area contributed by atoms with Gasteiger partial charge in [0.2, 0.25) is 5.91 Å². The Kier molecular flexibility index (Phi) is 5.93. The van der Waals surface area contributed by atoms with Crippen molar-refractivity contribution in [3.8, 4) is 27.8 Å². The molecular weight excluding hydrogens is 448 g/mol. The van der Waals surface area contributed by atoms with Crippen LogP contribution in [-0.4, -0.2) is 55.8 Å². The zero-order valence-corrected chi connectivity index (χ0v) is 21.1. The van der Waals surface area contributed by atoms with Gasteiger partial charge in [0.25, 0.3) is 0 Å². The van der Waals surface area contributed by atoms with Crippen molar-refractivity contribution in [1.82, 2.24) is 24.6 Å². The monoisotopic (exact) mass is 480 g/mol. The Bertz CT molecular complexity index is 1210. The zero-order chi connectivity index (χ0) is 24.0. The number of ether oxygens (including phenoxy) is 1. The predicted molar refractivity (Wildman–Crippen MR) is 133 cm³/mol. The first kappa shape index (κ1) is 23.0. The molecule has 8 nitrogen and oxygen atoms in total. The molecule has 4 heterocycles. The van der Waals surface area contributed by atoms with Crippen molar-refractivity contribution in [1.29, 1.82) is 0 Å². The van der Waals surface area contributed by atoms with Gasteiger partial charge in [-0.3, -0.25) is 9.69 Å². The fourth-order valence-electron chi connectivity index (χ4n) is 4.90. The van der Waals surface area contributed by atoms with Crippen LogP contribution in [0.15, 0.2) is 24.5 Å². The second-order valence-electron chi connectivity index (χ2n) is 9.95. The first-order valence-corrected chi connectivity index (χ1v) is 12.8. The Hall–Kier alpha value is -2.78. The van der Waals surface area contributed by atoms with Crippen LogP contribution >= 0.6 is 11.3 Å². The van der Waals surface area contributed by atoms with Crippen LogP contribution in [0.4, 0.5) is 0 Å². The van der Waals surface area contributed by atoms with Crippen molar-refractivity contribution in [3.05, 3.63) is 35.0 Å². The highest BCUT2D eigenvalue weighted by Crippen LogP contribution is 2.42. The number of hydrogen-bond acceptors (Lipinski definition) is 7. The average Bonchev–Trinajstić information content (AvgIpc) is 3.43. The number of benzene rings is 1. The number of nitrogens with two attached hydrogens (primary N) is 1. The van der Waals surface area contributed by atoms with Crippen LogP contribution in [0.1, 0.15) is 62.9 Å². The van der Waals surface area contributed by atoms with Crippen molar-refractivity contribution in [2.24, 2.45) is 5.73 Å². The molecule has 0 bridgehead atoms. The molecule has 180 valence electrons. The number of hydrogen-bond donors (Lipinski definition) is 1. The third-order valence-electron chi connectivity index (χ3n) is 7.16. The molecule has 5 rings (SSSR count). The smallest absolute Gasteiger partial charge is 0.237 e. The molecule has 0 atom stereocenters. The minimum absolute atomic E-state index is 0.222. The molecule has 2 aliphatic heterocycles. The van der Waals surface area contributed by atoms with Crippen molar-refractivity contribution in [2.45, 2.75) is 64.5 Å². The summed E-state index contributed by atoms with van der Waals surface area (Å²) in [5.74, 6) is 1.89. The second kappa shape index (κ2) is 8.78. The average molecular weight is 481 g/mol. The molecule has 34 heavy (non-hydrogen) atoms. The molecule has 0 spiro atoms. The fourth-order valence-corrected chi connectivity index (χ4v) is 5.94. The lowest BCUT2D eigenvalue weighted by atomic mass is 9.86. The van der Waals surface area contributed by atoms with Gasteiger partial charge in [-0.05, 0) is 77.2 Å². The lowest BCUT2D eigenvalue weighted by Crippen LogP contribution is -2.55. The van der Waals surface area contributed by atoms with E-state index in [-0.39, 0.29) is 11.9 Å².